The summed E-state index contributed by atoms with van der Waals surface area (Å²) in [7, 11) is 0. The van der Waals surface area contributed by atoms with Gasteiger partial charge in [-0.15, -0.1) is 0 Å². The van der Waals surface area contributed by atoms with E-state index in [0.717, 1.165) is 16.6 Å². The van der Waals surface area contributed by atoms with Gasteiger partial charge in [0.15, 0.2) is 0 Å². The van der Waals surface area contributed by atoms with Crippen LogP contribution in [-0.4, -0.2) is 9.97 Å². The molecule has 0 radical (unpaired) electrons. The normalized spacial score (nSPS) is 11.2. The Morgan fingerprint density at radius 3 is 2.29 bits per heavy atom. The molecule has 0 atom stereocenters. The van der Waals surface area contributed by atoms with E-state index in [1.165, 1.54) is 0 Å². The number of benzene rings is 1. The fourth-order valence-electron chi connectivity index (χ4n) is 1.48. The summed E-state index contributed by atoms with van der Waals surface area (Å²) in [6.45, 7) is 0. The maximum atomic E-state index is 12.7. The highest BCUT2D eigenvalue weighted by atomic mass is 79.9. The maximum Gasteiger partial charge on any atom is 0.433 e. The van der Waals surface area contributed by atoms with Gasteiger partial charge in [0, 0.05) is 4.47 Å². The summed E-state index contributed by atoms with van der Waals surface area (Å²) in [5, 5.41) is 0. The van der Waals surface area contributed by atoms with E-state index in [0.29, 0.717) is 5.75 Å². The van der Waals surface area contributed by atoms with Crippen molar-refractivity contribution in [2.75, 3.05) is 0 Å². The van der Waals surface area contributed by atoms with E-state index >= 15 is 0 Å². The molecule has 0 saturated heterocycles. The van der Waals surface area contributed by atoms with Crippen molar-refractivity contribution in [1.82, 2.24) is 4.98 Å². The van der Waals surface area contributed by atoms with E-state index < -0.39 is 11.9 Å². The first-order valence-electron chi connectivity index (χ1n) is 5.59. The zero-order valence-electron chi connectivity index (χ0n) is 10.3. The van der Waals surface area contributed by atoms with Gasteiger partial charge in [-0.3, -0.25) is 0 Å². The lowest BCUT2D eigenvalue weighted by atomic mass is 10.2. The Kier molecular flexibility index (Phi) is 4.48. The molecule has 0 bridgehead atoms. The average Bonchev–Trinajstić information content (AvgIpc) is 2.40. The molecule has 1 heterocycles. The van der Waals surface area contributed by atoms with Crippen molar-refractivity contribution in [2.45, 2.75) is 6.18 Å². The summed E-state index contributed by atoms with van der Waals surface area (Å²) in [4.78, 5) is 3.36. The van der Waals surface area contributed by atoms with Crippen molar-refractivity contribution >= 4 is 33.1 Å². The molecular weight excluding hydrogens is 369 g/mol. The Labute approximate surface area is 132 Å². The number of rotatable bonds is 3. The molecule has 110 valence electrons. The minimum absolute atomic E-state index is 0.0941. The van der Waals surface area contributed by atoms with Gasteiger partial charge in [-0.25, -0.2) is 4.98 Å². The fraction of sp³-hybridized carbons (Fsp3) is 0.0769. The smallest absolute Gasteiger partial charge is 0.433 e. The van der Waals surface area contributed by atoms with Crippen LogP contribution in [0.3, 0.4) is 0 Å². The lowest BCUT2D eigenvalue weighted by molar-refractivity contribution is -0.141. The number of alkyl halides is 3. The Balaban J connectivity index is 2.43. The molecule has 0 saturated carbocycles. The van der Waals surface area contributed by atoms with Gasteiger partial charge in [-0.1, -0.05) is 28.1 Å². The summed E-state index contributed by atoms with van der Waals surface area (Å²) < 4.78 is 44.3. The molecule has 0 aliphatic heterocycles. The summed E-state index contributed by atoms with van der Waals surface area (Å²) in [6, 6.07) is 8.48. The molecule has 0 aliphatic carbocycles. The van der Waals surface area contributed by atoms with Gasteiger partial charge >= 0.3 is 6.18 Å². The highest BCUT2D eigenvalue weighted by molar-refractivity contribution is 9.10. The van der Waals surface area contributed by atoms with Crippen LogP contribution >= 0.6 is 28.1 Å². The zero-order valence-corrected chi connectivity index (χ0v) is 12.7. The molecule has 0 spiro atoms. The van der Waals surface area contributed by atoms with E-state index in [2.05, 4.69) is 20.9 Å². The first-order chi connectivity index (χ1) is 9.77. The molecule has 2 N–H and O–H groups in total. The summed E-state index contributed by atoms with van der Waals surface area (Å²) in [5.74, 6) is 0.0437. The van der Waals surface area contributed by atoms with Gasteiger partial charge < -0.3 is 10.5 Å². The highest BCUT2D eigenvalue weighted by Crippen LogP contribution is 2.32. The predicted molar refractivity (Wildman–Crippen MR) is 79.3 cm³/mol. The van der Waals surface area contributed by atoms with Crippen LogP contribution in [0.5, 0.6) is 11.6 Å². The van der Waals surface area contributed by atoms with Crippen LogP contribution in [-0.2, 0) is 6.18 Å². The summed E-state index contributed by atoms with van der Waals surface area (Å²) >= 11 is 8.04. The molecule has 3 nitrogen and oxygen atoms in total. The molecule has 2 aromatic rings. The molecule has 0 fully saturated rings. The van der Waals surface area contributed by atoms with E-state index in [1.54, 1.807) is 24.3 Å². The number of ether oxygens (including phenoxy) is 1. The molecule has 0 aliphatic rings. The van der Waals surface area contributed by atoms with Crippen molar-refractivity contribution in [3.63, 3.8) is 0 Å². The SMILES string of the molecule is NC(=S)c1ccc(C(F)(F)F)nc1Oc1ccc(Br)cc1. The Bertz CT molecular complexity index is 674. The highest BCUT2D eigenvalue weighted by Gasteiger charge is 2.33. The third-order valence-electron chi connectivity index (χ3n) is 2.44. The molecular formula is C13H8BrF3N2OS. The van der Waals surface area contributed by atoms with Crippen LogP contribution in [0, 0.1) is 0 Å². The van der Waals surface area contributed by atoms with Crippen LogP contribution < -0.4 is 10.5 Å². The van der Waals surface area contributed by atoms with E-state index in [1.807, 2.05) is 0 Å². The largest absolute Gasteiger partial charge is 0.438 e. The molecule has 2 rings (SSSR count). The van der Waals surface area contributed by atoms with Gasteiger partial charge in [0.2, 0.25) is 5.88 Å². The van der Waals surface area contributed by atoms with Gasteiger partial charge in [-0.05, 0) is 36.4 Å². The monoisotopic (exact) mass is 376 g/mol. The van der Waals surface area contributed by atoms with Crippen LogP contribution in [0.1, 0.15) is 11.3 Å². The van der Waals surface area contributed by atoms with Crippen molar-refractivity contribution in [1.29, 1.82) is 0 Å². The van der Waals surface area contributed by atoms with Crippen molar-refractivity contribution in [3.05, 3.63) is 52.1 Å². The Morgan fingerprint density at radius 1 is 1.14 bits per heavy atom. The second-order valence-corrected chi connectivity index (χ2v) is 5.32. The number of thiocarbonyl (C=S) groups is 1. The van der Waals surface area contributed by atoms with Gasteiger partial charge in [0.25, 0.3) is 0 Å². The lowest BCUT2D eigenvalue weighted by Gasteiger charge is -2.12. The van der Waals surface area contributed by atoms with Crippen LogP contribution in [0.15, 0.2) is 40.9 Å². The zero-order chi connectivity index (χ0) is 15.6. The molecule has 21 heavy (non-hydrogen) atoms. The third kappa shape index (κ3) is 3.92. The van der Waals surface area contributed by atoms with Crippen LogP contribution in [0.4, 0.5) is 13.2 Å². The lowest BCUT2D eigenvalue weighted by Crippen LogP contribution is -2.15. The van der Waals surface area contributed by atoms with E-state index in [-0.39, 0.29) is 16.4 Å². The second kappa shape index (κ2) is 5.98. The van der Waals surface area contributed by atoms with Crippen molar-refractivity contribution in [3.8, 4) is 11.6 Å². The fourth-order valence-corrected chi connectivity index (χ4v) is 1.90. The first kappa shape index (κ1) is 15.7. The van der Waals surface area contributed by atoms with E-state index in [4.69, 9.17) is 22.7 Å². The average molecular weight is 377 g/mol. The number of nitrogens with two attached hydrogens (primary N) is 1. The van der Waals surface area contributed by atoms with Gasteiger partial charge in [-0.2, -0.15) is 13.2 Å². The number of hydrogen-bond acceptors (Lipinski definition) is 3. The van der Waals surface area contributed by atoms with Gasteiger partial charge in [0.1, 0.15) is 16.4 Å². The second-order valence-electron chi connectivity index (χ2n) is 3.97. The standard InChI is InChI=1S/C13H8BrF3N2OS/c14-7-1-3-8(4-2-7)20-12-9(11(18)21)5-6-10(19-12)13(15,16)17/h1-6H,(H2,18,21). The summed E-state index contributed by atoms with van der Waals surface area (Å²) in [6.07, 6.45) is -4.58. The number of halogens is 4. The number of pyridine rings is 1. The van der Waals surface area contributed by atoms with Crippen LogP contribution in [0.25, 0.3) is 0 Å². The number of hydrogen-bond donors (Lipinski definition) is 1. The first-order valence-corrected chi connectivity index (χ1v) is 6.79. The molecule has 0 amide bonds. The van der Waals surface area contributed by atoms with Crippen LogP contribution in [0.2, 0.25) is 0 Å². The Hall–Kier alpha value is -1.67. The topological polar surface area (TPSA) is 48.1 Å². The molecule has 1 aromatic heterocycles. The van der Waals surface area contributed by atoms with Gasteiger partial charge in [0.05, 0.1) is 5.56 Å². The maximum absolute atomic E-state index is 12.7. The molecule has 0 unspecified atom stereocenters. The molecule has 1 aromatic carbocycles. The number of aromatic nitrogens is 1. The summed E-state index contributed by atoms with van der Waals surface area (Å²) in [5.41, 5.74) is 4.54. The third-order valence-corrected chi connectivity index (χ3v) is 3.19. The minimum Gasteiger partial charge on any atom is -0.438 e. The Morgan fingerprint density at radius 2 is 1.76 bits per heavy atom. The van der Waals surface area contributed by atoms with Crippen molar-refractivity contribution in [2.24, 2.45) is 5.73 Å². The minimum atomic E-state index is -4.58. The number of nitrogens with zero attached hydrogens (tertiary/aromatic N) is 1. The predicted octanol–water partition coefficient (Wildman–Crippen LogP) is 4.29. The van der Waals surface area contributed by atoms with E-state index in [9.17, 15) is 13.2 Å². The quantitative estimate of drug-likeness (QED) is 0.811. The molecule has 8 heteroatoms. The van der Waals surface area contributed by atoms with Crippen molar-refractivity contribution < 1.29 is 17.9 Å².